The van der Waals surface area contributed by atoms with Gasteiger partial charge in [0.15, 0.2) is 11.6 Å². The molecular weight excluding hydrogens is 405 g/mol. The predicted molar refractivity (Wildman–Crippen MR) is 101 cm³/mol. The van der Waals surface area contributed by atoms with Gasteiger partial charge in [0.2, 0.25) is 0 Å². The Hall–Kier alpha value is -3.17. The van der Waals surface area contributed by atoms with Crippen LogP contribution in [0.5, 0.6) is 0 Å². The standard InChI is InChI=1S/C20H15F3N2O3S/c1-12-10-13(15-8-5-9-17(21)19(15)23)11-16(18(12)22)20(26)24-25-29(27,28)14-6-3-2-4-7-14/h2-11,25H,1H3,(H,24,26). The van der Waals surface area contributed by atoms with E-state index in [1.165, 1.54) is 49.4 Å². The number of halogens is 3. The summed E-state index contributed by atoms with van der Waals surface area (Å²) >= 11 is 0. The summed E-state index contributed by atoms with van der Waals surface area (Å²) in [4.78, 5) is 14.2. The van der Waals surface area contributed by atoms with Crippen molar-refractivity contribution in [2.75, 3.05) is 0 Å². The van der Waals surface area contributed by atoms with Crippen molar-refractivity contribution in [3.63, 3.8) is 0 Å². The second-order valence-corrected chi connectivity index (χ2v) is 7.81. The molecule has 5 nitrogen and oxygen atoms in total. The lowest BCUT2D eigenvalue weighted by Crippen LogP contribution is -2.41. The maximum absolute atomic E-state index is 14.5. The highest BCUT2D eigenvalue weighted by Gasteiger charge is 2.20. The highest BCUT2D eigenvalue weighted by Crippen LogP contribution is 2.28. The first-order valence-corrected chi connectivity index (χ1v) is 9.81. The van der Waals surface area contributed by atoms with Gasteiger partial charge in [0.05, 0.1) is 10.5 Å². The van der Waals surface area contributed by atoms with Crippen molar-refractivity contribution in [3.8, 4) is 11.1 Å². The molecule has 150 valence electrons. The number of hydrogen-bond donors (Lipinski definition) is 2. The van der Waals surface area contributed by atoms with Crippen LogP contribution < -0.4 is 10.3 Å². The number of sulfonamides is 1. The normalized spacial score (nSPS) is 11.3. The Morgan fingerprint density at radius 3 is 2.28 bits per heavy atom. The van der Waals surface area contributed by atoms with E-state index in [0.717, 1.165) is 12.1 Å². The number of hydrazine groups is 1. The van der Waals surface area contributed by atoms with Crippen LogP contribution in [0.15, 0.2) is 65.6 Å². The molecule has 0 bridgehead atoms. The van der Waals surface area contributed by atoms with Crippen molar-refractivity contribution >= 4 is 15.9 Å². The van der Waals surface area contributed by atoms with Gasteiger partial charge in [0.25, 0.3) is 15.9 Å². The fraction of sp³-hybridized carbons (Fsp3) is 0.0500. The molecule has 0 aromatic heterocycles. The third-order valence-corrected chi connectivity index (χ3v) is 5.38. The topological polar surface area (TPSA) is 75.3 Å². The van der Waals surface area contributed by atoms with Crippen LogP contribution in [0.3, 0.4) is 0 Å². The maximum Gasteiger partial charge on any atom is 0.269 e. The van der Waals surface area contributed by atoms with Crippen LogP contribution >= 0.6 is 0 Å². The summed E-state index contributed by atoms with van der Waals surface area (Å²) in [7, 11) is -4.07. The van der Waals surface area contributed by atoms with Gasteiger partial charge >= 0.3 is 0 Å². The van der Waals surface area contributed by atoms with E-state index in [2.05, 4.69) is 0 Å². The van der Waals surface area contributed by atoms with Gasteiger partial charge in [0.1, 0.15) is 5.82 Å². The van der Waals surface area contributed by atoms with Crippen molar-refractivity contribution in [3.05, 3.63) is 89.2 Å². The van der Waals surface area contributed by atoms with Crippen molar-refractivity contribution in [2.24, 2.45) is 0 Å². The molecule has 0 fully saturated rings. The number of benzene rings is 3. The number of nitrogens with one attached hydrogen (secondary N) is 2. The fourth-order valence-electron chi connectivity index (χ4n) is 2.66. The summed E-state index contributed by atoms with van der Waals surface area (Å²) in [6.07, 6.45) is 0. The Labute approximate surface area is 165 Å². The summed E-state index contributed by atoms with van der Waals surface area (Å²) in [6.45, 7) is 1.35. The summed E-state index contributed by atoms with van der Waals surface area (Å²) in [5.74, 6) is -4.24. The number of amides is 1. The van der Waals surface area contributed by atoms with Crippen LogP contribution in [0.4, 0.5) is 13.2 Å². The molecule has 0 aliphatic rings. The highest BCUT2D eigenvalue weighted by atomic mass is 32.2. The van der Waals surface area contributed by atoms with E-state index in [9.17, 15) is 26.4 Å². The average molecular weight is 420 g/mol. The molecule has 3 aromatic rings. The summed E-state index contributed by atoms with van der Waals surface area (Å²) in [5.41, 5.74) is 1.31. The van der Waals surface area contributed by atoms with Crippen molar-refractivity contribution < 1.29 is 26.4 Å². The summed E-state index contributed by atoms with van der Waals surface area (Å²) in [5, 5.41) is 0. The molecule has 2 N–H and O–H groups in total. The van der Waals surface area contributed by atoms with Crippen LogP contribution in [-0.2, 0) is 10.0 Å². The lowest BCUT2D eigenvalue weighted by Gasteiger charge is -2.12. The third kappa shape index (κ3) is 4.30. The van der Waals surface area contributed by atoms with Gasteiger partial charge in [-0.1, -0.05) is 30.3 Å². The molecule has 9 heteroatoms. The molecule has 29 heavy (non-hydrogen) atoms. The Kier molecular flexibility index (Phi) is 5.71. The van der Waals surface area contributed by atoms with Crippen LogP contribution in [0.2, 0.25) is 0 Å². The number of hydrogen-bond acceptors (Lipinski definition) is 3. The number of carbonyl (C=O) groups is 1. The molecule has 0 heterocycles. The van der Waals surface area contributed by atoms with Crippen molar-refractivity contribution in [2.45, 2.75) is 11.8 Å². The zero-order valence-electron chi connectivity index (χ0n) is 15.0. The minimum absolute atomic E-state index is 0.00206. The average Bonchev–Trinajstić information content (AvgIpc) is 2.71. The molecule has 0 unspecified atom stereocenters. The minimum atomic E-state index is -4.07. The van der Waals surface area contributed by atoms with E-state index in [1.807, 2.05) is 10.3 Å². The van der Waals surface area contributed by atoms with E-state index in [1.54, 1.807) is 6.07 Å². The monoisotopic (exact) mass is 420 g/mol. The molecule has 3 aromatic carbocycles. The Morgan fingerprint density at radius 2 is 1.59 bits per heavy atom. The lowest BCUT2D eigenvalue weighted by atomic mass is 9.98. The van der Waals surface area contributed by atoms with Gasteiger partial charge in [0, 0.05) is 5.56 Å². The molecule has 0 saturated heterocycles. The first-order valence-electron chi connectivity index (χ1n) is 8.32. The number of rotatable bonds is 5. The highest BCUT2D eigenvalue weighted by molar-refractivity contribution is 7.89. The van der Waals surface area contributed by atoms with E-state index in [0.29, 0.717) is 0 Å². The lowest BCUT2D eigenvalue weighted by molar-refractivity contribution is 0.0941. The van der Waals surface area contributed by atoms with Gasteiger partial charge in [-0.05, 0) is 48.4 Å². The van der Waals surface area contributed by atoms with Crippen LogP contribution in [0.1, 0.15) is 15.9 Å². The Balaban J connectivity index is 1.91. The second-order valence-electron chi connectivity index (χ2n) is 6.13. The maximum atomic E-state index is 14.5. The van der Waals surface area contributed by atoms with Gasteiger partial charge in [-0.3, -0.25) is 10.2 Å². The molecule has 0 aliphatic heterocycles. The van der Waals surface area contributed by atoms with E-state index >= 15 is 0 Å². The molecule has 0 spiro atoms. The molecule has 0 atom stereocenters. The second kappa shape index (κ2) is 8.06. The van der Waals surface area contributed by atoms with Crippen molar-refractivity contribution in [1.82, 2.24) is 10.3 Å². The van der Waals surface area contributed by atoms with Gasteiger partial charge in [-0.15, -0.1) is 4.83 Å². The smallest absolute Gasteiger partial charge is 0.269 e. The molecule has 3 rings (SSSR count). The minimum Gasteiger partial charge on any atom is -0.273 e. The van der Waals surface area contributed by atoms with E-state index < -0.39 is 38.9 Å². The summed E-state index contributed by atoms with van der Waals surface area (Å²) in [6, 6.07) is 13.0. The predicted octanol–water partition coefficient (Wildman–Crippen LogP) is 3.70. The van der Waals surface area contributed by atoms with Gasteiger partial charge in [-0.25, -0.2) is 21.6 Å². The van der Waals surface area contributed by atoms with E-state index in [-0.39, 0.29) is 21.6 Å². The zero-order valence-corrected chi connectivity index (χ0v) is 15.9. The van der Waals surface area contributed by atoms with Crippen LogP contribution in [-0.4, -0.2) is 14.3 Å². The molecule has 1 amide bonds. The molecular formula is C20H15F3N2O3S. The number of aryl methyl sites for hydroxylation is 1. The van der Waals surface area contributed by atoms with E-state index in [4.69, 9.17) is 0 Å². The Morgan fingerprint density at radius 1 is 0.897 bits per heavy atom. The number of carbonyl (C=O) groups excluding carboxylic acids is 1. The first-order chi connectivity index (χ1) is 13.7. The van der Waals surface area contributed by atoms with Gasteiger partial charge in [-0.2, -0.15) is 0 Å². The molecule has 0 radical (unpaired) electrons. The molecule has 0 saturated carbocycles. The zero-order chi connectivity index (χ0) is 21.2. The van der Waals surface area contributed by atoms with Gasteiger partial charge < -0.3 is 0 Å². The fourth-order valence-corrected chi connectivity index (χ4v) is 3.52. The quantitative estimate of drug-likeness (QED) is 0.618. The van der Waals surface area contributed by atoms with Crippen molar-refractivity contribution in [1.29, 1.82) is 0 Å². The van der Waals surface area contributed by atoms with Crippen LogP contribution in [0.25, 0.3) is 11.1 Å². The largest absolute Gasteiger partial charge is 0.273 e. The first kappa shape index (κ1) is 20.6. The SMILES string of the molecule is Cc1cc(-c2cccc(F)c2F)cc(C(=O)NNS(=O)(=O)c2ccccc2)c1F. The van der Waals surface area contributed by atoms with Crippen LogP contribution in [0, 0.1) is 24.4 Å². The summed E-state index contributed by atoms with van der Waals surface area (Å²) < 4.78 is 66.4. The Bertz CT molecular complexity index is 1180. The molecule has 0 aliphatic carbocycles. The third-order valence-electron chi connectivity index (χ3n) is 4.11.